The molecule has 2 aliphatic rings. The van der Waals surface area contributed by atoms with E-state index < -0.39 is 23.7 Å². The number of nitrogens with zero attached hydrogens (tertiary/aromatic N) is 1. The summed E-state index contributed by atoms with van der Waals surface area (Å²) < 4.78 is 5.67. The van der Waals surface area contributed by atoms with Crippen molar-refractivity contribution < 1.29 is 24.2 Å². The molecule has 1 aliphatic heterocycles. The van der Waals surface area contributed by atoms with Gasteiger partial charge in [0.1, 0.15) is 12.3 Å². The third-order valence-electron chi connectivity index (χ3n) is 3.98. The Kier molecular flexibility index (Phi) is 4.62. The highest BCUT2D eigenvalue weighted by Gasteiger charge is 2.36. The summed E-state index contributed by atoms with van der Waals surface area (Å²) in [6.07, 6.45) is 4.73. The molecule has 1 saturated heterocycles. The SMILES string of the molecule is CCOc1cc2c(cc1C=C1SC(=O)N(CC(=O)O)C1=O)CCC2. The molecule has 0 unspecified atom stereocenters. The molecule has 7 heteroatoms. The zero-order chi connectivity index (χ0) is 17.3. The molecular formula is C17H17NO5S. The first-order chi connectivity index (χ1) is 11.5. The lowest BCUT2D eigenvalue weighted by molar-refractivity contribution is -0.140. The number of hydrogen-bond donors (Lipinski definition) is 1. The number of aryl methyl sites for hydroxylation is 2. The molecule has 1 N–H and O–H groups in total. The monoisotopic (exact) mass is 347 g/mol. The van der Waals surface area contributed by atoms with Gasteiger partial charge < -0.3 is 9.84 Å². The van der Waals surface area contributed by atoms with Crippen LogP contribution in [0.4, 0.5) is 4.79 Å². The predicted molar refractivity (Wildman–Crippen MR) is 89.9 cm³/mol. The van der Waals surface area contributed by atoms with Crippen molar-refractivity contribution in [3.8, 4) is 5.75 Å². The van der Waals surface area contributed by atoms with E-state index in [1.54, 1.807) is 6.08 Å². The van der Waals surface area contributed by atoms with Crippen molar-refractivity contribution in [2.75, 3.05) is 13.2 Å². The summed E-state index contributed by atoms with van der Waals surface area (Å²) in [6, 6.07) is 4.00. The molecule has 1 heterocycles. The maximum absolute atomic E-state index is 12.3. The van der Waals surface area contributed by atoms with Crippen LogP contribution in [0.1, 0.15) is 30.0 Å². The lowest BCUT2D eigenvalue weighted by atomic mass is 10.0. The van der Waals surface area contributed by atoms with E-state index in [2.05, 4.69) is 0 Å². The van der Waals surface area contributed by atoms with Crippen LogP contribution >= 0.6 is 11.8 Å². The number of hydrogen-bond acceptors (Lipinski definition) is 5. The van der Waals surface area contributed by atoms with Crippen molar-refractivity contribution in [1.82, 2.24) is 4.90 Å². The third-order valence-corrected chi connectivity index (χ3v) is 4.89. The van der Waals surface area contributed by atoms with Gasteiger partial charge in [0.15, 0.2) is 0 Å². The Morgan fingerprint density at radius 3 is 2.71 bits per heavy atom. The van der Waals surface area contributed by atoms with E-state index in [1.807, 2.05) is 19.1 Å². The zero-order valence-corrected chi connectivity index (χ0v) is 14.0. The normalized spacial score (nSPS) is 18.4. The smallest absolute Gasteiger partial charge is 0.323 e. The Morgan fingerprint density at radius 1 is 1.33 bits per heavy atom. The number of carboxylic acid groups (broad SMARTS) is 1. The van der Waals surface area contributed by atoms with Crippen LogP contribution in [0.5, 0.6) is 5.75 Å². The average molecular weight is 347 g/mol. The molecule has 0 saturated carbocycles. The van der Waals surface area contributed by atoms with E-state index >= 15 is 0 Å². The van der Waals surface area contributed by atoms with Gasteiger partial charge in [-0.1, -0.05) is 0 Å². The number of carboxylic acids is 1. The number of rotatable bonds is 5. The fourth-order valence-corrected chi connectivity index (χ4v) is 3.76. The third kappa shape index (κ3) is 3.17. The van der Waals surface area contributed by atoms with Gasteiger partial charge in [-0.05, 0) is 67.3 Å². The van der Waals surface area contributed by atoms with Gasteiger partial charge in [-0.25, -0.2) is 0 Å². The Morgan fingerprint density at radius 2 is 2.04 bits per heavy atom. The van der Waals surface area contributed by atoms with Gasteiger partial charge in [0.05, 0.1) is 11.5 Å². The van der Waals surface area contributed by atoms with Gasteiger partial charge >= 0.3 is 5.97 Å². The van der Waals surface area contributed by atoms with E-state index in [0.29, 0.717) is 12.4 Å². The lowest BCUT2D eigenvalue weighted by Crippen LogP contribution is -2.33. The fourth-order valence-electron chi connectivity index (χ4n) is 2.93. The van der Waals surface area contributed by atoms with E-state index in [1.165, 1.54) is 11.1 Å². The number of carbonyl (C=O) groups is 3. The molecule has 0 bridgehead atoms. The second kappa shape index (κ2) is 6.68. The molecule has 1 fully saturated rings. The molecule has 6 nitrogen and oxygen atoms in total. The Balaban J connectivity index is 1.95. The average Bonchev–Trinajstić information content (AvgIpc) is 3.07. The number of imide groups is 1. The van der Waals surface area contributed by atoms with Crippen molar-refractivity contribution in [2.45, 2.75) is 26.2 Å². The number of ether oxygens (including phenoxy) is 1. The molecule has 3 rings (SSSR count). The highest BCUT2D eigenvalue weighted by atomic mass is 32.2. The van der Waals surface area contributed by atoms with Crippen molar-refractivity contribution in [3.05, 3.63) is 33.7 Å². The summed E-state index contributed by atoms with van der Waals surface area (Å²) in [5, 5.41) is 8.25. The van der Waals surface area contributed by atoms with Crippen LogP contribution in [0.25, 0.3) is 6.08 Å². The van der Waals surface area contributed by atoms with Gasteiger partial charge in [0.25, 0.3) is 11.1 Å². The van der Waals surface area contributed by atoms with Gasteiger partial charge in [-0.15, -0.1) is 0 Å². The second-order valence-electron chi connectivity index (χ2n) is 5.61. The van der Waals surface area contributed by atoms with Crippen LogP contribution in [0.15, 0.2) is 17.0 Å². The molecule has 0 aromatic heterocycles. The van der Waals surface area contributed by atoms with E-state index in [4.69, 9.17) is 9.84 Å². The van der Waals surface area contributed by atoms with Gasteiger partial charge in [-0.2, -0.15) is 0 Å². The predicted octanol–water partition coefficient (Wildman–Crippen LogP) is 2.69. The molecule has 1 aromatic rings. The number of fused-ring (bicyclic) bond motifs is 1. The van der Waals surface area contributed by atoms with E-state index in [9.17, 15) is 14.4 Å². The van der Waals surface area contributed by atoms with Crippen LogP contribution in [-0.2, 0) is 22.4 Å². The molecule has 126 valence electrons. The lowest BCUT2D eigenvalue weighted by Gasteiger charge is -2.11. The maximum Gasteiger partial charge on any atom is 0.323 e. The number of carbonyl (C=O) groups excluding carboxylic acids is 2. The minimum Gasteiger partial charge on any atom is -0.493 e. The minimum absolute atomic E-state index is 0.222. The van der Waals surface area contributed by atoms with E-state index in [-0.39, 0.29) is 4.91 Å². The van der Waals surface area contributed by atoms with Crippen LogP contribution in [-0.4, -0.2) is 40.3 Å². The Labute approximate surface area is 143 Å². The number of thioether (sulfide) groups is 1. The molecular weight excluding hydrogens is 330 g/mol. The van der Waals surface area contributed by atoms with Gasteiger partial charge in [-0.3, -0.25) is 19.3 Å². The number of aliphatic carboxylic acids is 1. The summed E-state index contributed by atoms with van der Waals surface area (Å²) in [5.74, 6) is -1.11. The topological polar surface area (TPSA) is 83.9 Å². The van der Waals surface area contributed by atoms with Gasteiger partial charge in [0, 0.05) is 5.56 Å². The number of benzene rings is 1. The minimum atomic E-state index is -1.22. The summed E-state index contributed by atoms with van der Waals surface area (Å²) in [7, 11) is 0. The first-order valence-corrected chi connectivity index (χ1v) is 8.57. The molecule has 2 amide bonds. The summed E-state index contributed by atoms with van der Waals surface area (Å²) in [6.45, 7) is 1.77. The van der Waals surface area contributed by atoms with E-state index in [0.717, 1.165) is 41.5 Å². The molecule has 1 aliphatic carbocycles. The highest BCUT2D eigenvalue weighted by molar-refractivity contribution is 8.18. The van der Waals surface area contributed by atoms with Crippen molar-refractivity contribution in [2.24, 2.45) is 0 Å². The standard InChI is InChI=1S/C17H17NO5S/c1-2-23-13-7-11-5-3-4-10(11)6-12(13)8-14-16(21)18(9-15(19)20)17(22)24-14/h6-8H,2-5,9H2,1H3,(H,19,20). The summed E-state index contributed by atoms with van der Waals surface area (Å²) in [4.78, 5) is 35.9. The highest BCUT2D eigenvalue weighted by Crippen LogP contribution is 2.36. The van der Waals surface area contributed by atoms with Crippen LogP contribution in [0.2, 0.25) is 0 Å². The molecule has 1 aromatic carbocycles. The Hall–Kier alpha value is -2.28. The Bertz CT molecular complexity index is 756. The molecule has 24 heavy (non-hydrogen) atoms. The van der Waals surface area contributed by atoms with Crippen LogP contribution < -0.4 is 4.74 Å². The van der Waals surface area contributed by atoms with Crippen molar-refractivity contribution >= 4 is 35.0 Å². The summed E-state index contributed by atoms with van der Waals surface area (Å²) >= 11 is 0.758. The van der Waals surface area contributed by atoms with Crippen molar-refractivity contribution in [3.63, 3.8) is 0 Å². The second-order valence-corrected chi connectivity index (χ2v) is 6.60. The van der Waals surface area contributed by atoms with Crippen LogP contribution in [0.3, 0.4) is 0 Å². The number of amides is 2. The first-order valence-electron chi connectivity index (χ1n) is 7.75. The molecule has 0 radical (unpaired) electrons. The maximum atomic E-state index is 12.3. The first kappa shape index (κ1) is 16.6. The van der Waals surface area contributed by atoms with Gasteiger partial charge in [0.2, 0.25) is 0 Å². The van der Waals surface area contributed by atoms with Crippen LogP contribution in [0, 0.1) is 0 Å². The van der Waals surface area contributed by atoms with Crippen molar-refractivity contribution in [1.29, 1.82) is 0 Å². The quantitative estimate of drug-likeness (QED) is 0.825. The largest absolute Gasteiger partial charge is 0.493 e. The summed E-state index contributed by atoms with van der Waals surface area (Å²) in [5.41, 5.74) is 3.24. The molecule has 0 spiro atoms. The fraction of sp³-hybridized carbons (Fsp3) is 0.353. The zero-order valence-electron chi connectivity index (χ0n) is 13.2. The molecule has 0 atom stereocenters.